The third kappa shape index (κ3) is 3.39. The highest BCUT2D eigenvalue weighted by atomic mass is 16.6. The Hall–Kier alpha value is -3.47. The van der Waals surface area contributed by atoms with Gasteiger partial charge in [-0.2, -0.15) is 0 Å². The van der Waals surface area contributed by atoms with Crippen molar-refractivity contribution >= 4 is 5.97 Å². The minimum Gasteiger partial charge on any atom is -0.508 e. The monoisotopic (exact) mass is 496 g/mol. The van der Waals surface area contributed by atoms with Crippen LogP contribution in [0.5, 0.6) is 23.0 Å². The second-order valence-electron chi connectivity index (χ2n) is 11.2. The summed E-state index contributed by atoms with van der Waals surface area (Å²) in [6.45, 7) is 0. The van der Waals surface area contributed by atoms with Crippen LogP contribution in [0.15, 0.2) is 48.5 Å². The van der Waals surface area contributed by atoms with Crippen LogP contribution < -0.4 is 4.74 Å². The summed E-state index contributed by atoms with van der Waals surface area (Å²) < 4.78 is 12.7. The maximum absolute atomic E-state index is 13.3. The Kier molecular flexibility index (Phi) is 5.24. The molecule has 2 aliphatic heterocycles. The molecule has 4 aliphatic rings. The van der Waals surface area contributed by atoms with Gasteiger partial charge in [-0.1, -0.05) is 56.7 Å². The van der Waals surface area contributed by atoms with Crippen molar-refractivity contribution < 1.29 is 24.5 Å². The molecule has 37 heavy (non-hydrogen) atoms. The Morgan fingerprint density at radius 3 is 1.73 bits per heavy atom. The number of hydrogen-bond acceptors (Lipinski definition) is 5. The molecule has 1 spiro atoms. The standard InChI is InChI=1S/C32H32O5/c33-27-17-29-25(15-22(27)19-9-3-1-4-10-19)32(24-14-8-7-13-21(24)31(35)37-32)26-16-23(20-11-5-2-6-12-20)28(34)18-30(26)36-29/h7-8,13-20,33-34H,1-6,9-12H2. The van der Waals surface area contributed by atoms with Crippen molar-refractivity contribution in [2.24, 2.45) is 0 Å². The van der Waals surface area contributed by atoms with Gasteiger partial charge in [0.15, 0.2) is 5.60 Å². The van der Waals surface area contributed by atoms with E-state index in [0.717, 1.165) is 79.2 Å². The third-order valence-corrected chi connectivity index (χ3v) is 9.10. The van der Waals surface area contributed by atoms with Crippen molar-refractivity contribution in [3.05, 3.63) is 81.9 Å². The lowest BCUT2D eigenvalue weighted by molar-refractivity contribution is 0.0223. The van der Waals surface area contributed by atoms with Crippen LogP contribution in [-0.4, -0.2) is 16.2 Å². The van der Waals surface area contributed by atoms with Gasteiger partial charge in [-0.3, -0.25) is 0 Å². The molecule has 2 N–H and O–H groups in total. The van der Waals surface area contributed by atoms with Gasteiger partial charge in [0, 0.05) is 28.8 Å². The van der Waals surface area contributed by atoms with E-state index in [0.29, 0.717) is 17.1 Å². The van der Waals surface area contributed by atoms with Gasteiger partial charge in [0.25, 0.3) is 0 Å². The van der Waals surface area contributed by atoms with Crippen molar-refractivity contribution in [2.45, 2.75) is 81.6 Å². The van der Waals surface area contributed by atoms with Crippen LogP contribution in [0.3, 0.4) is 0 Å². The zero-order valence-electron chi connectivity index (χ0n) is 21.0. The number of esters is 1. The first kappa shape index (κ1) is 22.7. The first-order chi connectivity index (χ1) is 18.1. The summed E-state index contributed by atoms with van der Waals surface area (Å²) in [5.74, 6) is 1.51. The molecule has 0 saturated heterocycles. The second-order valence-corrected chi connectivity index (χ2v) is 11.2. The highest BCUT2D eigenvalue weighted by Gasteiger charge is 2.54. The molecule has 2 heterocycles. The highest BCUT2D eigenvalue weighted by Crippen LogP contribution is 2.59. The predicted octanol–water partition coefficient (Wildman–Crippen LogP) is 7.76. The molecule has 2 saturated carbocycles. The summed E-state index contributed by atoms with van der Waals surface area (Å²) in [4.78, 5) is 13.3. The van der Waals surface area contributed by atoms with Crippen LogP contribution >= 0.6 is 0 Å². The van der Waals surface area contributed by atoms with Gasteiger partial charge in [-0.25, -0.2) is 4.79 Å². The Balaban J connectivity index is 1.48. The number of carbonyl (C=O) groups is 1. The molecule has 0 radical (unpaired) electrons. The summed E-state index contributed by atoms with van der Waals surface area (Å²) in [5.41, 5.74) is 3.43. The molecule has 0 bridgehead atoms. The van der Waals surface area contributed by atoms with Crippen molar-refractivity contribution in [1.82, 2.24) is 0 Å². The smallest absolute Gasteiger partial charge is 0.340 e. The van der Waals surface area contributed by atoms with Crippen LogP contribution in [0.2, 0.25) is 0 Å². The van der Waals surface area contributed by atoms with Crippen LogP contribution in [-0.2, 0) is 10.3 Å². The van der Waals surface area contributed by atoms with Crippen molar-refractivity contribution in [1.29, 1.82) is 0 Å². The fraction of sp³-hybridized carbons (Fsp3) is 0.406. The first-order valence-electron chi connectivity index (χ1n) is 13.8. The molecule has 0 amide bonds. The Bertz CT molecular complexity index is 1320. The molecule has 5 nitrogen and oxygen atoms in total. The summed E-state index contributed by atoms with van der Waals surface area (Å²) in [7, 11) is 0. The maximum Gasteiger partial charge on any atom is 0.340 e. The zero-order valence-corrected chi connectivity index (χ0v) is 21.0. The molecule has 0 aromatic heterocycles. The molecule has 5 heteroatoms. The van der Waals surface area contributed by atoms with Gasteiger partial charge in [-0.05, 0) is 66.8 Å². The number of hydrogen-bond donors (Lipinski definition) is 2. The summed E-state index contributed by atoms with van der Waals surface area (Å²) in [6, 6.07) is 14.9. The molecule has 2 fully saturated rings. The predicted molar refractivity (Wildman–Crippen MR) is 140 cm³/mol. The van der Waals surface area contributed by atoms with Crippen molar-refractivity contribution in [3.8, 4) is 23.0 Å². The lowest BCUT2D eigenvalue weighted by Gasteiger charge is -2.38. The Labute approximate surface area is 217 Å². The summed E-state index contributed by atoms with van der Waals surface area (Å²) in [5, 5.41) is 22.2. The lowest BCUT2D eigenvalue weighted by Crippen LogP contribution is -2.33. The molecule has 0 atom stereocenters. The number of phenols is 2. The maximum atomic E-state index is 13.3. The topological polar surface area (TPSA) is 76.0 Å². The van der Waals surface area contributed by atoms with Gasteiger partial charge in [0.1, 0.15) is 23.0 Å². The Morgan fingerprint density at radius 1 is 0.676 bits per heavy atom. The lowest BCUT2D eigenvalue weighted by atomic mass is 9.74. The molecule has 7 rings (SSSR count). The van der Waals surface area contributed by atoms with Gasteiger partial charge in [-0.15, -0.1) is 0 Å². The van der Waals surface area contributed by atoms with E-state index < -0.39 is 5.60 Å². The summed E-state index contributed by atoms with van der Waals surface area (Å²) >= 11 is 0. The molecule has 3 aromatic carbocycles. The fourth-order valence-electron chi connectivity index (χ4n) is 7.25. The Morgan fingerprint density at radius 2 is 1.19 bits per heavy atom. The van der Waals surface area contributed by atoms with E-state index in [9.17, 15) is 15.0 Å². The van der Waals surface area contributed by atoms with E-state index in [-0.39, 0.29) is 29.3 Å². The van der Waals surface area contributed by atoms with Gasteiger partial charge in [0.2, 0.25) is 0 Å². The molecule has 0 unspecified atom stereocenters. The van der Waals surface area contributed by atoms with E-state index in [4.69, 9.17) is 9.47 Å². The minimum atomic E-state index is -1.19. The molecular formula is C32H32O5. The largest absolute Gasteiger partial charge is 0.508 e. The number of rotatable bonds is 2. The first-order valence-corrected chi connectivity index (χ1v) is 13.8. The second kappa shape index (κ2) is 8.54. The van der Waals surface area contributed by atoms with Crippen molar-refractivity contribution in [3.63, 3.8) is 0 Å². The van der Waals surface area contributed by atoms with Crippen LogP contribution in [0, 0.1) is 0 Å². The zero-order chi connectivity index (χ0) is 25.1. The van der Waals surface area contributed by atoms with E-state index in [1.54, 1.807) is 12.1 Å². The fourth-order valence-corrected chi connectivity index (χ4v) is 7.25. The van der Waals surface area contributed by atoms with E-state index >= 15 is 0 Å². The van der Waals surface area contributed by atoms with E-state index in [1.807, 2.05) is 36.4 Å². The summed E-state index contributed by atoms with van der Waals surface area (Å²) in [6.07, 6.45) is 11.2. The molecule has 190 valence electrons. The van der Waals surface area contributed by atoms with Gasteiger partial charge >= 0.3 is 5.97 Å². The number of carbonyl (C=O) groups excluding carboxylic acids is 1. The SMILES string of the molecule is O=C1OC2(c3cc(C4CCCCC4)c(O)cc3Oc3cc(O)c(C4CCCCC4)cc32)c2ccccc21. The van der Waals surface area contributed by atoms with Gasteiger partial charge in [0.05, 0.1) is 5.56 Å². The number of benzene rings is 3. The molecular weight excluding hydrogens is 464 g/mol. The number of ether oxygens (including phenoxy) is 2. The highest BCUT2D eigenvalue weighted by molar-refractivity contribution is 5.97. The minimum absolute atomic E-state index is 0.213. The average molecular weight is 497 g/mol. The third-order valence-electron chi connectivity index (χ3n) is 9.10. The number of fused-ring (bicyclic) bond motifs is 6. The number of aromatic hydroxyl groups is 2. The van der Waals surface area contributed by atoms with Crippen LogP contribution in [0.4, 0.5) is 0 Å². The van der Waals surface area contributed by atoms with E-state index in [2.05, 4.69) is 0 Å². The average Bonchev–Trinajstić information content (AvgIpc) is 3.22. The number of phenolic OH excluding ortho intramolecular Hbond substituents is 2. The van der Waals surface area contributed by atoms with Gasteiger partial charge < -0.3 is 19.7 Å². The quantitative estimate of drug-likeness (QED) is 0.355. The molecule has 3 aromatic rings. The van der Waals surface area contributed by atoms with E-state index in [1.165, 1.54) is 12.8 Å². The van der Waals surface area contributed by atoms with Crippen LogP contribution in [0.25, 0.3) is 0 Å². The van der Waals surface area contributed by atoms with Crippen LogP contribution in [0.1, 0.15) is 114 Å². The molecule has 2 aliphatic carbocycles. The normalized spacial score (nSPS) is 20.6. The van der Waals surface area contributed by atoms with Crippen molar-refractivity contribution in [2.75, 3.05) is 0 Å².